The minimum atomic E-state index is -0.364. The number of carbonyl (C=O) groups excluding carboxylic acids is 2. The molecule has 1 aliphatic carbocycles. The van der Waals surface area contributed by atoms with Gasteiger partial charge >= 0.3 is 0 Å². The third-order valence-corrected chi connectivity index (χ3v) is 4.25. The van der Waals surface area contributed by atoms with Gasteiger partial charge in [-0.25, -0.2) is 0 Å². The molecule has 138 valence electrons. The van der Waals surface area contributed by atoms with Crippen LogP contribution in [-0.4, -0.2) is 40.6 Å². The highest BCUT2D eigenvalue weighted by Crippen LogP contribution is 2.39. The number of H-pyrrole nitrogens is 1. The highest BCUT2D eigenvalue weighted by molar-refractivity contribution is 6.04. The van der Waals surface area contributed by atoms with Crippen LogP contribution in [0.3, 0.4) is 0 Å². The van der Waals surface area contributed by atoms with E-state index in [2.05, 4.69) is 15.5 Å². The number of anilines is 1. The van der Waals surface area contributed by atoms with Crippen molar-refractivity contribution < 1.29 is 14.3 Å². The summed E-state index contributed by atoms with van der Waals surface area (Å²) in [5, 5.41) is 9.99. The van der Waals surface area contributed by atoms with E-state index < -0.39 is 0 Å². The van der Waals surface area contributed by atoms with E-state index in [-0.39, 0.29) is 18.2 Å². The van der Waals surface area contributed by atoms with E-state index in [4.69, 9.17) is 4.74 Å². The topological polar surface area (TPSA) is 87.3 Å². The molecule has 2 N–H and O–H groups in total. The van der Waals surface area contributed by atoms with Gasteiger partial charge in [0.05, 0.1) is 30.2 Å². The molecule has 1 saturated carbocycles. The molecule has 0 bridgehead atoms. The molecule has 0 spiro atoms. The molecule has 2 aromatic rings. The highest BCUT2D eigenvalue weighted by Gasteiger charge is 2.26. The van der Waals surface area contributed by atoms with Crippen LogP contribution in [-0.2, 0) is 16.1 Å². The van der Waals surface area contributed by atoms with Crippen molar-refractivity contribution in [2.45, 2.75) is 38.6 Å². The third-order valence-electron chi connectivity index (χ3n) is 4.25. The fraction of sp³-hybridized carbons (Fsp3) is 0.421. The van der Waals surface area contributed by atoms with Crippen LogP contribution in [0.4, 0.5) is 5.69 Å². The molecule has 1 aromatic heterocycles. The van der Waals surface area contributed by atoms with Crippen LogP contribution in [0, 0.1) is 0 Å². The Morgan fingerprint density at radius 2 is 2.12 bits per heavy atom. The van der Waals surface area contributed by atoms with Crippen molar-refractivity contribution in [1.82, 2.24) is 15.1 Å². The number of rotatable bonds is 8. The normalized spacial score (nSPS) is 13.3. The number of nitrogens with one attached hydrogen (secondary N) is 2. The average molecular weight is 356 g/mol. The van der Waals surface area contributed by atoms with Crippen molar-refractivity contribution in [3.05, 3.63) is 41.7 Å². The molecule has 0 atom stereocenters. The molecular weight excluding hydrogens is 332 g/mol. The summed E-state index contributed by atoms with van der Waals surface area (Å²) in [5.74, 6) is 0.544. The Morgan fingerprint density at radius 3 is 2.85 bits per heavy atom. The van der Waals surface area contributed by atoms with Crippen LogP contribution in [0.2, 0.25) is 0 Å². The molecule has 0 unspecified atom stereocenters. The van der Waals surface area contributed by atoms with Gasteiger partial charge in [0.1, 0.15) is 12.2 Å². The van der Waals surface area contributed by atoms with Gasteiger partial charge in [0.15, 0.2) is 0 Å². The average Bonchev–Trinajstić information content (AvgIpc) is 3.36. The van der Waals surface area contributed by atoms with E-state index in [9.17, 15) is 9.59 Å². The number of aromatic amines is 1. The Balaban J connectivity index is 1.52. The Hall–Kier alpha value is -2.83. The molecule has 7 heteroatoms. The Bertz CT molecular complexity index is 783. The van der Waals surface area contributed by atoms with Crippen LogP contribution in [0.15, 0.2) is 30.3 Å². The standard InChI is InChI=1S/C19H24N4O3/c1-3-26-17-7-5-4-6-15(17)20-18(24)11-19(25)23(2)12-14-10-16(22-21-14)13-8-9-13/h4-7,10,13H,3,8-9,11-12H2,1-2H3,(H,20,24)(H,21,22). The van der Waals surface area contributed by atoms with Gasteiger partial charge in [-0.15, -0.1) is 0 Å². The molecule has 1 aromatic carbocycles. The van der Waals surface area contributed by atoms with Crippen LogP contribution in [0.1, 0.15) is 43.5 Å². The van der Waals surface area contributed by atoms with Crippen molar-refractivity contribution in [3.8, 4) is 5.75 Å². The van der Waals surface area contributed by atoms with Crippen molar-refractivity contribution in [3.63, 3.8) is 0 Å². The van der Waals surface area contributed by atoms with Gasteiger partial charge in [-0.3, -0.25) is 14.7 Å². The maximum Gasteiger partial charge on any atom is 0.233 e. The second-order valence-electron chi connectivity index (χ2n) is 6.50. The third kappa shape index (κ3) is 4.62. The molecule has 7 nitrogen and oxygen atoms in total. The first-order valence-electron chi connectivity index (χ1n) is 8.86. The second-order valence-corrected chi connectivity index (χ2v) is 6.50. The highest BCUT2D eigenvalue weighted by atomic mass is 16.5. The molecule has 1 heterocycles. The molecule has 1 fully saturated rings. The summed E-state index contributed by atoms with van der Waals surface area (Å²) < 4.78 is 5.47. The molecule has 26 heavy (non-hydrogen) atoms. The number of amides is 2. The van der Waals surface area contributed by atoms with Crippen LogP contribution in [0.25, 0.3) is 0 Å². The number of benzene rings is 1. The van der Waals surface area contributed by atoms with Crippen LogP contribution in [0.5, 0.6) is 5.75 Å². The number of hydrogen-bond donors (Lipinski definition) is 2. The summed E-state index contributed by atoms with van der Waals surface area (Å²) in [4.78, 5) is 26.0. The zero-order chi connectivity index (χ0) is 18.5. The fourth-order valence-corrected chi connectivity index (χ4v) is 2.71. The van der Waals surface area contributed by atoms with Gasteiger partial charge in [0.2, 0.25) is 11.8 Å². The van der Waals surface area contributed by atoms with Crippen molar-refractivity contribution in [1.29, 1.82) is 0 Å². The predicted molar refractivity (Wildman–Crippen MR) is 97.9 cm³/mol. The largest absolute Gasteiger partial charge is 0.492 e. The molecule has 1 aliphatic rings. The number of aromatic nitrogens is 2. The zero-order valence-corrected chi connectivity index (χ0v) is 15.1. The minimum Gasteiger partial charge on any atom is -0.492 e. The first kappa shape index (κ1) is 18.0. The van der Waals surface area contributed by atoms with Crippen molar-refractivity contribution in [2.75, 3.05) is 19.0 Å². The molecule has 2 amide bonds. The monoisotopic (exact) mass is 356 g/mol. The van der Waals surface area contributed by atoms with Gasteiger partial charge in [-0.1, -0.05) is 12.1 Å². The summed E-state index contributed by atoms with van der Waals surface area (Å²) >= 11 is 0. The van der Waals surface area contributed by atoms with E-state index in [0.29, 0.717) is 30.5 Å². The predicted octanol–water partition coefficient (Wildman–Crippen LogP) is 2.67. The molecular formula is C19H24N4O3. The molecule has 3 rings (SSSR count). The van der Waals surface area contributed by atoms with Gasteiger partial charge < -0.3 is 15.0 Å². The zero-order valence-electron chi connectivity index (χ0n) is 15.1. The number of hydrogen-bond acceptors (Lipinski definition) is 4. The van der Waals surface area contributed by atoms with Crippen LogP contribution >= 0.6 is 0 Å². The minimum absolute atomic E-state index is 0.222. The number of nitrogens with zero attached hydrogens (tertiary/aromatic N) is 2. The van der Waals surface area contributed by atoms with E-state index in [1.165, 1.54) is 17.7 Å². The Labute approximate surface area is 152 Å². The number of ether oxygens (including phenoxy) is 1. The summed E-state index contributed by atoms with van der Waals surface area (Å²) in [6.07, 6.45) is 2.14. The smallest absolute Gasteiger partial charge is 0.233 e. The van der Waals surface area contributed by atoms with E-state index >= 15 is 0 Å². The maximum absolute atomic E-state index is 12.3. The van der Waals surface area contributed by atoms with Crippen molar-refractivity contribution in [2.24, 2.45) is 0 Å². The molecule has 0 radical (unpaired) electrons. The SMILES string of the molecule is CCOc1ccccc1NC(=O)CC(=O)N(C)Cc1cc(C2CC2)n[nH]1. The fourth-order valence-electron chi connectivity index (χ4n) is 2.71. The van der Waals surface area contributed by atoms with E-state index in [0.717, 1.165) is 11.4 Å². The quantitative estimate of drug-likeness (QED) is 0.712. The first-order chi connectivity index (χ1) is 12.6. The van der Waals surface area contributed by atoms with Gasteiger partial charge in [0, 0.05) is 13.0 Å². The van der Waals surface area contributed by atoms with Gasteiger partial charge in [0.25, 0.3) is 0 Å². The Kier molecular flexibility index (Phi) is 5.55. The maximum atomic E-state index is 12.3. The number of para-hydroxylation sites is 2. The summed E-state index contributed by atoms with van der Waals surface area (Å²) in [5.41, 5.74) is 2.51. The van der Waals surface area contributed by atoms with Crippen molar-refractivity contribution >= 4 is 17.5 Å². The Morgan fingerprint density at radius 1 is 1.35 bits per heavy atom. The molecule has 0 saturated heterocycles. The summed E-state index contributed by atoms with van der Waals surface area (Å²) in [6, 6.07) is 9.17. The van der Waals surface area contributed by atoms with E-state index in [1.807, 2.05) is 25.1 Å². The second kappa shape index (κ2) is 8.03. The summed E-state index contributed by atoms with van der Waals surface area (Å²) in [6.45, 7) is 2.78. The van der Waals surface area contributed by atoms with Crippen LogP contribution < -0.4 is 10.1 Å². The lowest BCUT2D eigenvalue weighted by Gasteiger charge is -2.16. The van der Waals surface area contributed by atoms with Gasteiger partial charge in [-0.05, 0) is 38.0 Å². The number of carbonyl (C=O) groups is 2. The lowest BCUT2D eigenvalue weighted by molar-refractivity contribution is -0.134. The lowest BCUT2D eigenvalue weighted by atomic mass is 10.2. The lowest BCUT2D eigenvalue weighted by Crippen LogP contribution is -2.30. The molecule has 0 aliphatic heterocycles. The first-order valence-corrected chi connectivity index (χ1v) is 8.86. The summed E-state index contributed by atoms with van der Waals surface area (Å²) in [7, 11) is 1.68. The van der Waals surface area contributed by atoms with Gasteiger partial charge in [-0.2, -0.15) is 5.10 Å². The van der Waals surface area contributed by atoms with E-state index in [1.54, 1.807) is 19.2 Å².